The van der Waals surface area contributed by atoms with E-state index >= 15 is 0 Å². The molecule has 0 bridgehead atoms. The topological polar surface area (TPSA) is 93.5 Å². The van der Waals surface area contributed by atoms with Crippen molar-refractivity contribution in [3.8, 4) is 5.75 Å². The summed E-state index contributed by atoms with van der Waals surface area (Å²) in [6.07, 6.45) is 1.04. The molecule has 0 aromatic heterocycles. The molecule has 0 aliphatic rings. The number of ether oxygens (including phenoxy) is 1. The zero-order chi connectivity index (χ0) is 17.4. The van der Waals surface area contributed by atoms with E-state index in [1.54, 1.807) is 18.2 Å². The summed E-state index contributed by atoms with van der Waals surface area (Å²) < 4.78 is 5.19. The van der Waals surface area contributed by atoms with E-state index in [1.165, 1.54) is 7.11 Å². The van der Waals surface area contributed by atoms with Gasteiger partial charge in [0.1, 0.15) is 5.75 Å². The quantitative estimate of drug-likeness (QED) is 0.726. The number of benzene rings is 2. The Labute approximate surface area is 141 Å². The third kappa shape index (κ3) is 5.10. The minimum absolute atomic E-state index is 0.0971. The molecule has 0 fully saturated rings. The Bertz CT molecular complexity index is 702. The third-order valence-corrected chi connectivity index (χ3v) is 3.43. The fourth-order valence-electron chi connectivity index (χ4n) is 2.21. The highest BCUT2D eigenvalue weighted by Crippen LogP contribution is 2.27. The average molecular weight is 327 g/mol. The second-order valence-corrected chi connectivity index (χ2v) is 5.20. The summed E-state index contributed by atoms with van der Waals surface area (Å²) >= 11 is 0. The van der Waals surface area contributed by atoms with Crippen LogP contribution in [-0.2, 0) is 16.0 Å². The minimum Gasteiger partial charge on any atom is -0.495 e. The van der Waals surface area contributed by atoms with Crippen LogP contribution in [0.2, 0.25) is 0 Å². The molecule has 0 atom stereocenters. The number of carbonyl (C=O) groups excluding carboxylic acids is 2. The fourth-order valence-corrected chi connectivity index (χ4v) is 2.21. The summed E-state index contributed by atoms with van der Waals surface area (Å²) in [6.45, 7) is -0.128. The molecule has 126 valence electrons. The van der Waals surface area contributed by atoms with E-state index in [9.17, 15) is 9.59 Å². The van der Waals surface area contributed by atoms with E-state index in [1.807, 2.05) is 30.3 Å². The largest absolute Gasteiger partial charge is 0.495 e. The van der Waals surface area contributed by atoms with Crippen LogP contribution in [0.25, 0.3) is 0 Å². The maximum atomic E-state index is 12.1. The summed E-state index contributed by atoms with van der Waals surface area (Å²) in [7, 11) is 1.51. The van der Waals surface area contributed by atoms with Gasteiger partial charge in [0.15, 0.2) is 0 Å². The summed E-state index contributed by atoms with van der Waals surface area (Å²) in [6, 6.07) is 14.9. The van der Waals surface area contributed by atoms with Crippen molar-refractivity contribution in [2.45, 2.75) is 12.8 Å². The van der Waals surface area contributed by atoms with Crippen molar-refractivity contribution >= 4 is 23.2 Å². The molecule has 0 unspecified atom stereocenters. The van der Waals surface area contributed by atoms with Gasteiger partial charge in [-0.05, 0) is 30.2 Å². The van der Waals surface area contributed by atoms with Gasteiger partial charge in [-0.2, -0.15) is 0 Å². The molecule has 2 rings (SSSR count). The van der Waals surface area contributed by atoms with Crippen LogP contribution in [0.3, 0.4) is 0 Å². The van der Waals surface area contributed by atoms with Gasteiger partial charge in [-0.1, -0.05) is 30.3 Å². The lowest BCUT2D eigenvalue weighted by Crippen LogP contribution is -2.22. The second kappa shape index (κ2) is 8.69. The Kier molecular flexibility index (Phi) is 6.33. The molecule has 0 heterocycles. The van der Waals surface area contributed by atoms with Gasteiger partial charge < -0.3 is 21.1 Å². The van der Waals surface area contributed by atoms with Gasteiger partial charge >= 0.3 is 0 Å². The van der Waals surface area contributed by atoms with E-state index in [2.05, 4.69) is 10.6 Å². The van der Waals surface area contributed by atoms with Crippen molar-refractivity contribution in [3.63, 3.8) is 0 Å². The molecule has 2 aromatic rings. The van der Waals surface area contributed by atoms with Crippen LogP contribution in [0, 0.1) is 0 Å². The fraction of sp³-hybridized carbons (Fsp3) is 0.222. The lowest BCUT2D eigenvalue weighted by molar-refractivity contribution is -0.116. The zero-order valence-electron chi connectivity index (χ0n) is 13.5. The predicted octanol–water partition coefficient (Wildman–Crippen LogP) is 2.16. The summed E-state index contributed by atoms with van der Waals surface area (Å²) in [4.78, 5) is 23.5. The summed E-state index contributed by atoms with van der Waals surface area (Å²) in [5.74, 6) is 0.0695. The first-order valence-electron chi connectivity index (χ1n) is 7.64. The summed E-state index contributed by atoms with van der Waals surface area (Å²) in [5.41, 5.74) is 7.46. The maximum Gasteiger partial charge on any atom is 0.238 e. The first-order valence-corrected chi connectivity index (χ1v) is 7.64. The van der Waals surface area contributed by atoms with Crippen molar-refractivity contribution in [2.24, 2.45) is 5.73 Å². The number of methoxy groups -OCH3 is 1. The van der Waals surface area contributed by atoms with Gasteiger partial charge in [-0.15, -0.1) is 0 Å². The van der Waals surface area contributed by atoms with Gasteiger partial charge in [0.25, 0.3) is 0 Å². The number of hydrogen-bond donors (Lipinski definition) is 3. The minimum atomic E-state index is -0.333. The third-order valence-electron chi connectivity index (χ3n) is 3.43. The van der Waals surface area contributed by atoms with E-state index in [-0.39, 0.29) is 18.4 Å². The monoisotopic (exact) mass is 327 g/mol. The average Bonchev–Trinajstić information content (AvgIpc) is 2.61. The molecule has 6 heteroatoms. The van der Waals surface area contributed by atoms with Crippen LogP contribution in [0.1, 0.15) is 12.0 Å². The van der Waals surface area contributed by atoms with Gasteiger partial charge in [0.2, 0.25) is 11.8 Å². The molecule has 24 heavy (non-hydrogen) atoms. The Morgan fingerprint density at radius 3 is 2.46 bits per heavy atom. The van der Waals surface area contributed by atoms with Crippen LogP contribution >= 0.6 is 0 Å². The first kappa shape index (κ1) is 17.5. The van der Waals surface area contributed by atoms with Gasteiger partial charge in [-0.3, -0.25) is 9.59 Å². The first-order chi connectivity index (χ1) is 11.6. The Hall–Kier alpha value is -2.86. The predicted molar refractivity (Wildman–Crippen MR) is 94.1 cm³/mol. The van der Waals surface area contributed by atoms with Crippen molar-refractivity contribution < 1.29 is 14.3 Å². The Balaban J connectivity index is 1.99. The van der Waals surface area contributed by atoms with Crippen molar-refractivity contribution in [2.75, 3.05) is 24.3 Å². The van der Waals surface area contributed by atoms with Crippen LogP contribution in [0.5, 0.6) is 5.75 Å². The highest BCUT2D eigenvalue weighted by molar-refractivity contribution is 5.96. The smallest absolute Gasteiger partial charge is 0.238 e. The van der Waals surface area contributed by atoms with Crippen LogP contribution in [-0.4, -0.2) is 25.5 Å². The Morgan fingerprint density at radius 1 is 1.04 bits per heavy atom. The molecule has 4 N–H and O–H groups in total. The van der Waals surface area contributed by atoms with Crippen molar-refractivity contribution in [1.29, 1.82) is 0 Å². The Morgan fingerprint density at radius 2 is 1.79 bits per heavy atom. The lowest BCUT2D eigenvalue weighted by Gasteiger charge is -2.12. The molecule has 6 nitrogen and oxygen atoms in total. The molecule has 0 aliphatic carbocycles. The van der Waals surface area contributed by atoms with E-state index < -0.39 is 0 Å². The molecule has 2 aromatic carbocycles. The molecule has 2 amide bonds. The molecule has 0 spiro atoms. The number of anilines is 2. The lowest BCUT2D eigenvalue weighted by atomic mass is 10.1. The number of hydrogen-bond acceptors (Lipinski definition) is 4. The number of amides is 2. The number of rotatable bonds is 7. The van der Waals surface area contributed by atoms with Crippen LogP contribution < -0.4 is 21.1 Å². The highest BCUT2D eigenvalue weighted by Gasteiger charge is 2.09. The van der Waals surface area contributed by atoms with Crippen molar-refractivity contribution in [3.05, 3.63) is 54.1 Å². The SMILES string of the molecule is COc1ccc(NC(=O)CCc2ccccc2)cc1NC(=O)CN. The molecule has 0 radical (unpaired) electrons. The second-order valence-electron chi connectivity index (χ2n) is 5.20. The van der Waals surface area contributed by atoms with Crippen molar-refractivity contribution in [1.82, 2.24) is 0 Å². The van der Waals surface area contributed by atoms with E-state index in [0.29, 0.717) is 30.0 Å². The van der Waals surface area contributed by atoms with Crippen LogP contribution in [0.4, 0.5) is 11.4 Å². The zero-order valence-corrected chi connectivity index (χ0v) is 13.5. The van der Waals surface area contributed by atoms with Gasteiger partial charge in [0.05, 0.1) is 19.3 Å². The number of nitrogens with two attached hydrogens (primary N) is 1. The molecular formula is C18H21N3O3. The van der Waals surface area contributed by atoms with Gasteiger partial charge in [-0.25, -0.2) is 0 Å². The van der Waals surface area contributed by atoms with E-state index in [4.69, 9.17) is 10.5 Å². The molecule has 0 saturated heterocycles. The molecule has 0 saturated carbocycles. The number of carbonyl (C=O) groups is 2. The molecular weight excluding hydrogens is 306 g/mol. The normalized spacial score (nSPS) is 10.1. The standard InChI is InChI=1S/C18H21N3O3/c1-24-16-9-8-14(11-15(16)21-18(23)12-19)20-17(22)10-7-13-5-3-2-4-6-13/h2-6,8-9,11H,7,10,12,19H2,1H3,(H,20,22)(H,21,23). The maximum absolute atomic E-state index is 12.1. The molecule has 0 aliphatic heterocycles. The van der Waals surface area contributed by atoms with Crippen LogP contribution in [0.15, 0.2) is 48.5 Å². The number of nitrogens with one attached hydrogen (secondary N) is 2. The van der Waals surface area contributed by atoms with E-state index in [0.717, 1.165) is 5.56 Å². The van der Waals surface area contributed by atoms with Gasteiger partial charge in [0, 0.05) is 12.1 Å². The highest BCUT2D eigenvalue weighted by atomic mass is 16.5. The number of aryl methyl sites for hydroxylation is 1. The summed E-state index contributed by atoms with van der Waals surface area (Å²) in [5, 5.41) is 5.46.